The molecule has 0 N–H and O–H groups in total. The second-order valence-corrected chi connectivity index (χ2v) is 5.36. The first-order chi connectivity index (χ1) is 12.1. The molecule has 8 nitrogen and oxygen atoms in total. The fourth-order valence-electron chi connectivity index (χ4n) is 2.54. The lowest BCUT2D eigenvalue weighted by Crippen LogP contribution is -2.46. The molecule has 0 aromatic carbocycles. The van der Waals surface area contributed by atoms with Crippen LogP contribution in [0.3, 0.4) is 0 Å². The van der Waals surface area contributed by atoms with E-state index in [1.807, 2.05) is 4.90 Å². The van der Waals surface area contributed by atoms with Crippen LogP contribution in [0.15, 0.2) is 49.2 Å². The molecule has 2 aromatic heterocycles. The molecular weight excluding hydrogens is 320 g/mol. The molecule has 0 saturated carbocycles. The van der Waals surface area contributed by atoms with E-state index in [4.69, 9.17) is 0 Å². The molecule has 1 saturated heterocycles. The Morgan fingerprint density at radius 2 is 2.00 bits per heavy atom. The van der Waals surface area contributed by atoms with Crippen LogP contribution in [0.4, 0.5) is 11.5 Å². The van der Waals surface area contributed by atoms with E-state index in [0.717, 1.165) is 0 Å². The number of anilines is 1. The lowest BCUT2D eigenvalue weighted by atomic mass is 10.2. The van der Waals surface area contributed by atoms with E-state index in [1.165, 1.54) is 6.07 Å². The van der Waals surface area contributed by atoms with Gasteiger partial charge in [0.05, 0.1) is 16.8 Å². The van der Waals surface area contributed by atoms with E-state index in [2.05, 4.69) is 38.3 Å². The minimum Gasteiger partial charge on any atom is -0.362 e. The van der Waals surface area contributed by atoms with Crippen LogP contribution >= 0.6 is 0 Å². The van der Waals surface area contributed by atoms with Crippen LogP contribution < -0.4 is 4.90 Å². The Kier molecular flexibility index (Phi) is 4.85. The highest BCUT2D eigenvalue weighted by molar-refractivity contribution is 5.57. The molecule has 2 aromatic rings. The molecule has 25 heavy (non-hydrogen) atoms. The maximum atomic E-state index is 11.1. The number of pyridine rings is 1. The third-order valence-electron chi connectivity index (χ3n) is 3.82. The molecular formula is C17H16N6O2. The van der Waals surface area contributed by atoms with Gasteiger partial charge in [0.15, 0.2) is 0 Å². The van der Waals surface area contributed by atoms with Crippen LogP contribution in [0.2, 0.25) is 0 Å². The van der Waals surface area contributed by atoms with E-state index < -0.39 is 4.92 Å². The largest absolute Gasteiger partial charge is 0.362 e. The van der Waals surface area contributed by atoms with Gasteiger partial charge in [0.2, 0.25) is 5.82 Å². The number of nitro groups is 1. The maximum absolute atomic E-state index is 11.1. The SMILES string of the molecule is C=C(C#Cc1cnccn1)N1CCN(c2ncccc2[N+](=O)[O-])CC1. The minimum absolute atomic E-state index is 0.0252. The molecule has 1 aliphatic heterocycles. The second-order valence-electron chi connectivity index (χ2n) is 5.36. The molecule has 0 radical (unpaired) electrons. The van der Waals surface area contributed by atoms with Gasteiger partial charge in [-0.2, -0.15) is 0 Å². The summed E-state index contributed by atoms with van der Waals surface area (Å²) < 4.78 is 0. The van der Waals surface area contributed by atoms with Crippen LogP contribution in [-0.2, 0) is 0 Å². The van der Waals surface area contributed by atoms with Gasteiger partial charge in [-0.05, 0) is 17.9 Å². The average molecular weight is 336 g/mol. The quantitative estimate of drug-likeness (QED) is 0.476. The minimum atomic E-state index is -0.403. The zero-order valence-corrected chi connectivity index (χ0v) is 13.5. The van der Waals surface area contributed by atoms with Gasteiger partial charge in [-0.3, -0.25) is 15.1 Å². The molecule has 0 unspecified atom stereocenters. The van der Waals surface area contributed by atoms with Crippen molar-refractivity contribution in [3.05, 3.63) is 65.0 Å². The standard InChI is InChI=1S/C17H16N6O2/c1-14(4-5-15-13-18-7-8-19-15)21-9-11-22(12-10-21)17-16(23(24)25)3-2-6-20-17/h2-3,6-8,13H,1,9-12H2. The Balaban J connectivity index is 1.64. The third-order valence-corrected chi connectivity index (χ3v) is 3.82. The highest BCUT2D eigenvalue weighted by Crippen LogP contribution is 2.26. The number of rotatable bonds is 3. The summed E-state index contributed by atoms with van der Waals surface area (Å²) in [5.41, 5.74) is 1.31. The first kappa shape index (κ1) is 16.4. The van der Waals surface area contributed by atoms with Crippen molar-refractivity contribution in [3.8, 4) is 11.8 Å². The van der Waals surface area contributed by atoms with Crippen molar-refractivity contribution in [1.29, 1.82) is 0 Å². The zero-order chi connectivity index (χ0) is 17.6. The van der Waals surface area contributed by atoms with Crippen molar-refractivity contribution >= 4 is 11.5 Å². The first-order valence-corrected chi connectivity index (χ1v) is 7.71. The first-order valence-electron chi connectivity index (χ1n) is 7.71. The van der Waals surface area contributed by atoms with Crippen LogP contribution in [-0.4, -0.2) is 51.0 Å². The number of allylic oxidation sites excluding steroid dienone is 1. The molecule has 1 aliphatic rings. The topological polar surface area (TPSA) is 88.3 Å². The van der Waals surface area contributed by atoms with Gasteiger partial charge in [-0.15, -0.1) is 0 Å². The van der Waals surface area contributed by atoms with Gasteiger partial charge in [-0.25, -0.2) is 9.97 Å². The van der Waals surface area contributed by atoms with E-state index >= 15 is 0 Å². The van der Waals surface area contributed by atoms with Crippen molar-refractivity contribution in [3.63, 3.8) is 0 Å². The lowest BCUT2D eigenvalue weighted by molar-refractivity contribution is -0.384. The van der Waals surface area contributed by atoms with Crippen molar-refractivity contribution in [2.45, 2.75) is 0 Å². The average Bonchev–Trinajstić information content (AvgIpc) is 2.67. The summed E-state index contributed by atoms with van der Waals surface area (Å²) in [5.74, 6) is 6.32. The molecule has 126 valence electrons. The highest BCUT2D eigenvalue weighted by atomic mass is 16.6. The van der Waals surface area contributed by atoms with Gasteiger partial charge in [0.25, 0.3) is 0 Å². The van der Waals surface area contributed by atoms with Crippen LogP contribution in [0, 0.1) is 22.0 Å². The molecule has 3 rings (SSSR count). The van der Waals surface area contributed by atoms with Gasteiger partial charge in [0, 0.05) is 50.8 Å². The fourth-order valence-corrected chi connectivity index (χ4v) is 2.54. The van der Waals surface area contributed by atoms with E-state index in [9.17, 15) is 10.1 Å². The number of hydrogen-bond donors (Lipinski definition) is 0. The molecule has 0 bridgehead atoms. The second kappa shape index (κ2) is 7.40. The number of nitrogens with zero attached hydrogens (tertiary/aromatic N) is 6. The van der Waals surface area contributed by atoms with Crippen molar-refractivity contribution in [2.24, 2.45) is 0 Å². The number of piperazine rings is 1. The van der Waals surface area contributed by atoms with E-state index in [1.54, 1.807) is 30.9 Å². The van der Waals surface area contributed by atoms with Gasteiger partial charge in [-0.1, -0.05) is 6.58 Å². The normalized spacial score (nSPS) is 13.8. The summed E-state index contributed by atoms with van der Waals surface area (Å²) in [6.45, 7) is 6.57. The molecule has 3 heterocycles. The molecule has 0 spiro atoms. The summed E-state index contributed by atoms with van der Waals surface area (Å²) in [6.07, 6.45) is 6.35. The third kappa shape index (κ3) is 3.90. The monoisotopic (exact) mass is 336 g/mol. The summed E-state index contributed by atoms with van der Waals surface area (Å²) in [6, 6.07) is 3.04. The van der Waals surface area contributed by atoms with Crippen LogP contribution in [0.25, 0.3) is 0 Å². The lowest BCUT2D eigenvalue weighted by Gasteiger charge is -2.35. The van der Waals surface area contributed by atoms with Crippen molar-refractivity contribution in [2.75, 3.05) is 31.1 Å². The van der Waals surface area contributed by atoms with E-state index in [-0.39, 0.29) is 5.69 Å². The molecule has 0 amide bonds. The van der Waals surface area contributed by atoms with Gasteiger partial charge < -0.3 is 9.80 Å². The molecule has 0 atom stereocenters. The smallest absolute Gasteiger partial charge is 0.311 e. The number of hydrogen-bond acceptors (Lipinski definition) is 7. The Morgan fingerprint density at radius 1 is 1.20 bits per heavy atom. The molecule has 8 heteroatoms. The van der Waals surface area contributed by atoms with Gasteiger partial charge >= 0.3 is 5.69 Å². The Bertz CT molecular complexity index is 835. The van der Waals surface area contributed by atoms with Crippen LogP contribution in [0.1, 0.15) is 5.69 Å². The summed E-state index contributed by atoms with van der Waals surface area (Å²) in [5, 5.41) is 11.1. The fraction of sp³-hybridized carbons (Fsp3) is 0.235. The zero-order valence-electron chi connectivity index (χ0n) is 13.5. The Labute approximate surface area is 145 Å². The van der Waals surface area contributed by atoms with Crippen molar-refractivity contribution < 1.29 is 4.92 Å². The summed E-state index contributed by atoms with van der Waals surface area (Å²) in [7, 11) is 0. The van der Waals surface area contributed by atoms with Crippen LogP contribution in [0.5, 0.6) is 0 Å². The van der Waals surface area contributed by atoms with Gasteiger partial charge in [0.1, 0.15) is 5.69 Å². The predicted molar refractivity (Wildman–Crippen MR) is 92.7 cm³/mol. The number of aromatic nitrogens is 3. The van der Waals surface area contributed by atoms with E-state index in [0.29, 0.717) is 43.4 Å². The van der Waals surface area contributed by atoms with Crippen molar-refractivity contribution in [1.82, 2.24) is 19.9 Å². The summed E-state index contributed by atoms with van der Waals surface area (Å²) in [4.78, 5) is 26.9. The maximum Gasteiger partial charge on any atom is 0.311 e. The predicted octanol–water partition coefficient (Wildman–Crippen LogP) is 1.47. The Hall–Kier alpha value is -3.47. The highest BCUT2D eigenvalue weighted by Gasteiger charge is 2.24. The Morgan fingerprint density at radius 3 is 2.68 bits per heavy atom. The summed E-state index contributed by atoms with van der Waals surface area (Å²) >= 11 is 0. The molecule has 0 aliphatic carbocycles. The molecule has 1 fully saturated rings.